The van der Waals surface area contributed by atoms with E-state index in [1.165, 1.54) is 0 Å². The van der Waals surface area contributed by atoms with E-state index >= 15 is 0 Å². The zero-order valence-corrected chi connectivity index (χ0v) is 3.76. The fourth-order valence-electron chi connectivity index (χ4n) is 0.444. The summed E-state index contributed by atoms with van der Waals surface area (Å²) in [6.45, 7) is 0.800. The van der Waals surface area contributed by atoms with Gasteiger partial charge in [0.1, 0.15) is 0 Å². The lowest BCUT2D eigenvalue weighted by atomic mass is 10.7. The van der Waals surface area contributed by atoms with Gasteiger partial charge >= 0.3 is 0 Å². The molecule has 0 saturated carbocycles. The molecule has 0 aromatic carbocycles. The van der Waals surface area contributed by atoms with Crippen LogP contribution < -0.4 is 5.73 Å². The number of aliphatic imine (C=N–C) groups is 1. The largest absolute Gasteiger partial charge is 0.368 e. The lowest BCUT2D eigenvalue weighted by Gasteiger charge is -1.99. The van der Waals surface area contributed by atoms with Crippen molar-refractivity contribution in [1.29, 1.82) is 0 Å². The second-order valence-corrected chi connectivity index (χ2v) is 1.33. The summed E-state index contributed by atoms with van der Waals surface area (Å²) in [6, 6.07) is 0. The van der Waals surface area contributed by atoms with E-state index in [1.807, 2.05) is 0 Å². The highest BCUT2D eigenvalue weighted by molar-refractivity contribution is 5.78. The van der Waals surface area contributed by atoms with Crippen LogP contribution in [-0.4, -0.2) is 24.2 Å². The van der Waals surface area contributed by atoms with Crippen LogP contribution in [0.25, 0.3) is 0 Å². The van der Waals surface area contributed by atoms with Crippen LogP contribution in [0.2, 0.25) is 0 Å². The summed E-state index contributed by atoms with van der Waals surface area (Å²) in [7, 11) is 0. The van der Waals surface area contributed by atoms with E-state index in [2.05, 4.69) is 4.99 Å². The highest BCUT2D eigenvalue weighted by atomic mass is 19.2. The molecule has 0 unspecified atom stereocenters. The lowest BCUT2D eigenvalue weighted by molar-refractivity contribution is 0.136. The summed E-state index contributed by atoms with van der Waals surface area (Å²) in [6.07, 6.45) is 0. The average Bonchev–Trinajstić information content (AvgIpc) is 1.91. The molecule has 0 bridgehead atoms. The third-order valence-corrected chi connectivity index (χ3v) is 0.819. The maximum Gasteiger partial charge on any atom is 0.220 e. The molecule has 0 atom stereocenters. The Labute approximate surface area is 40.6 Å². The Morgan fingerprint density at radius 2 is 2.57 bits per heavy atom. The molecule has 1 heterocycles. The van der Waals surface area contributed by atoms with E-state index in [1.54, 1.807) is 0 Å². The predicted octanol–water partition coefficient (Wildman–Crippen LogP) is -0.499. The summed E-state index contributed by atoms with van der Waals surface area (Å²) >= 11 is 0. The summed E-state index contributed by atoms with van der Waals surface area (Å²) in [4.78, 5) is 3.56. The fraction of sp³-hybridized carbons (Fsp3) is 0.667. The van der Waals surface area contributed by atoms with E-state index in [9.17, 15) is 4.48 Å². The van der Waals surface area contributed by atoms with Gasteiger partial charge in [0, 0.05) is 0 Å². The third kappa shape index (κ3) is 0.629. The zero-order chi connectivity index (χ0) is 5.28. The van der Waals surface area contributed by atoms with Crippen LogP contribution in [0.4, 0.5) is 4.48 Å². The third-order valence-electron chi connectivity index (χ3n) is 0.819. The van der Waals surface area contributed by atoms with Gasteiger partial charge in [-0.15, -0.1) is 0 Å². The van der Waals surface area contributed by atoms with Crippen molar-refractivity contribution in [1.82, 2.24) is 5.12 Å². The summed E-state index contributed by atoms with van der Waals surface area (Å²) in [5.74, 6) is 0.000000000000000222. The minimum absolute atomic E-state index is 0.000000000000000222. The highest BCUT2D eigenvalue weighted by Crippen LogP contribution is 1.94. The van der Waals surface area contributed by atoms with Gasteiger partial charge in [0.15, 0.2) is 0 Å². The Kier molecular flexibility index (Phi) is 0.850. The molecule has 0 aromatic heterocycles. The Morgan fingerprint density at radius 3 is 2.71 bits per heavy atom. The quantitative estimate of drug-likeness (QED) is 0.420. The first-order chi connectivity index (χ1) is 3.30. The van der Waals surface area contributed by atoms with Crippen LogP contribution in [-0.2, 0) is 0 Å². The molecule has 1 rings (SSSR count). The second kappa shape index (κ2) is 1.36. The monoisotopic (exact) mass is 103 g/mol. The van der Waals surface area contributed by atoms with Crippen LogP contribution in [0.3, 0.4) is 0 Å². The van der Waals surface area contributed by atoms with Gasteiger partial charge in [-0.3, -0.25) is 0 Å². The maximum absolute atomic E-state index is 11.9. The molecule has 0 amide bonds. The molecule has 0 aliphatic carbocycles. The molecule has 3 nitrogen and oxygen atoms in total. The number of hydrogen-bond acceptors (Lipinski definition) is 3. The van der Waals surface area contributed by atoms with Gasteiger partial charge in [-0.2, -0.15) is 5.12 Å². The Balaban J connectivity index is 2.54. The van der Waals surface area contributed by atoms with Gasteiger partial charge < -0.3 is 5.73 Å². The van der Waals surface area contributed by atoms with Crippen LogP contribution >= 0.6 is 0 Å². The predicted molar refractivity (Wildman–Crippen MR) is 24.3 cm³/mol. The van der Waals surface area contributed by atoms with Crippen molar-refractivity contribution in [3.8, 4) is 0 Å². The molecule has 0 saturated heterocycles. The van der Waals surface area contributed by atoms with Crippen molar-refractivity contribution in [2.75, 3.05) is 13.1 Å². The minimum atomic E-state index is 0.000000000000000222. The summed E-state index contributed by atoms with van der Waals surface area (Å²) < 4.78 is 11.9. The Morgan fingerprint density at radius 1 is 1.86 bits per heavy atom. The molecule has 0 fully saturated rings. The molecule has 40 valence electrons. The van der Waals surface area contributed by atoms with Crippen molar-refractivity contribution < 1.29 is 4.48 Å². The first-order valence-electron chi connectivity index (χ1n) is 2.04. The number of nitrogens with zero attached hydrogens (tertiary/aromatic N) is 2. The lowest BCUT2D eigenvalue weighted by Crippen LogP contribution is -2.25. The molecule has 4 heteroatoms. The van der Waals surface area contributed by atoms with E-state index < -0.39 is 0 Å². The van der Waals surface area contributed by atoms with E-state index in [0.29, 0.717) is 18.2 Å². The number of guanidine groups is 1. The number of halogens is 1. The average molecular weight is 103 g/mol. The van der Waals surface area contributed by atoms with Crippen molar-refractivity contribution >= 4 is 5.96 Å². The van der Waals surface area contributed by atoms with Gasteiger partial charge in [-0.05, 0) is 0 Å². The van der Waals surface area contributed by atoms with E-state index in [-0.39, 0.29) is 5.96 Å². The first-order valence-corrected chi connectivity index (χ1v) is 2.04. The van der Waals surface area contributed by atoms with Gasteiger partial charge in [-0.25, -0.2) is 4.99 Å². The minimum Gasteiger partial charge on any atom is -0.368 e. The molecule has 0 radical (unpaired) electrons. The van der Waals surface area contributed by atoms with Crippen molar-refractivity contribution in [3.05, 3.63) is 0 Å². The van der Waals surface area contributed by atoms with Gasteiger partial charge in [-0.1, -0.05) is 4.48 Å². The molecule has 1 aliphatic heterocycles. The first kappa shape index (κ1) is 4.36. The maximum atomic E-state index is 11.9. The van der Waals surface area contributed by atoms with Gasteiger partial charge in [0.2, 0.25) is 5.96 Å². The smallest absolute Gasteiger partial charge is 0.220 e. The van der Waals surface area contributed by atoms with E-state index in [0.717, 1.165) is 0 Å². The van der Waals surface area contributed by atoms with Crippen LogP contribution in [0.5, 0.6) is 0 Å². The highest BCUT2D eigenvalue weighted by Gasteiger charge is 2.10. The van der Waals surface area contributed by atoms with Crippen molar-refractivity contribution in [3.63, 3.8) is 0 Å². The van der Waals surface area contributed by atoms with Crippen LogP contribution in [0, 0.1) is 0 Å². The molecule has 1 aliphatic rings. The summed E-state index contributed by atoms with van der Waals surface area (Å²) in [5.41, 5.74) is 4.98. The Bertz CT molecular complexity index is 100. The fourth-order valence-corrected chi connectivity index (χ4v) is 0.444. The van der Waals surface area contributed by atoms with Gasteiger partial charge in [0.25, 0.3) is 0 Å². The molecule has 0 aromatic rings. The molecular weight excluding hydrogens is 97.1 g/mol. The van der Waals surface area contributed by atoms with E-state index in [4.69, 9.17) is 5.73 Å². The molecule has 0 spiro atoms. The molecular formula is C3H6FN3. The molecule has 7 heavy (non-hydrogen) atoms. The van der Waals surface area contributed by atoms with Crippen LogP contribution in [0.1, 0.15) is 0 Å². The summed E-state index contributed by atoms with van der Waals surface area (Å²) in [5, 5.41) is 0.431. The zero-order valence-electron chi connectivity index (χ0n) is 3.76. The SMILES string of the molecule is NC1=NCCN1F. The van der Waals surface area contributed by atoms with Crippen molar-refractivity contribution in [2.24, 2.45) is 10.7 Å². The number of nitrogens with two attached hydrogens (primary N) is 1. The molecule has 2 N–H and O–H groups in total. The second-order valence-electron chi connectivity index (χ2n) is 1.33. The van der Waals surface area contributed by atoms with Crippen molar-refractivity contribution in [2.45, 2.75) is 0 Å². The Hall–Kier alpha value is -0.800. The van der Waals surface area contributed by atoms with Gasteiger partial charge in [0.05, 0.1) is 13.1 Å². The number of rotatable bonds is 0. The topological polar surface area (TPSA) is 41.6 Å². The standard InChI is InChI=1S/C3H6FN3/c4-7-2-1-6-3(7)5/h1-2H2,(H2,5,6). The number of hydrogen-bond donors (Lipinski definition) is 1. The normalized spacial score (nSPS) is 20.1. The van der Waals surface area contributed by atoms with Crippen LogP contribution in [0.15, 0.2) is 4.99 Å².